The van der Waals surface area contributed by atoms with Crippen molar-refractivity contribution in [2.75, 3.05) is 19.3 Å². The van der Waals surface area contributed by atoms with Crippen molar-refractivity contribution >= 4 is 20.9 Å². The second-order valence-corrected chi connectivity index (χ2v) is 6.97. The number of sulfonamides is 1. The van der Waals surface area contributed by atoms with Crippen LogP contribution in [0.4, 0.5) is 0 Å². The van der Waals surface area contributed by atoms with Gasteiger partial charge in [-0.3, -0.25) is 0 Å². The van der Waals surface area contributed by atoms with Crippen LogP contribution in [0.5, 0.6) is 5.88 Å². The third-order valence-electron chi connectivity index (χ3n) is 3.44. The van der Waals surface area contributed by atoms with Crippen LogP contribution >= 0.6 is 0 Å². The van der Waals surface area contributed by atoms with E-state index >= 15 is 0 Å². The van der Waals surface area contributed by atoms with Crippen LogP contribution < -0.4 is 4.74 Å². The highest BCUT2D eigenvalue weighted by molar-refractivity contribution is 7.88. The molecule has 1 atom stereocenters. The maximum atomic E-state index is 11.5. The van der Waals surface area contributed by atoms with Crippen molar-refractivity contribution in [1.29, 1.82) is 0 Å². The molecule has 0 aliphatic carbocycles. The number of fused-ring (bicyclic) bond motifs is 1. The summed E-state index contributed by atoms with van der Waals surface area (Å²) in [5, 5.41) is 1.06. The second-order valence-electron chi connectivity index (χ2n) is 4.99. The highest BCUT2D eigenvalue weighted by Crippen LogP contribution is 2.21. The first-order chi connectivity index (χ1) is 9.52. The molecule has 0 bridgehead atoms. The molecule has 0 spiro atoms. The summed E-state index contributed by atoms with van der Waals surface area (Å²) in [5.41, 5.74) is 0.878. The van der Waals surface area contributed by atoms with Crippen LogP contribution in [0.25, 0.3) is 10.9 Å². The molecular weight excluding hydrogens is 276 g/mol. The van der Waals surface area contributed by atoms with Crippen LogP contribution in [0.2, 0.25) is 0 Å². The second kappa shape index (κ2) is 5.03. The first-order valence-corrected chi connectivity index (χ1v) is 8.35. The lowest BCUT2D eigenvalue weighted by atomic mass is 10.2. The van der Waals surface area contributed by atoms with E-state index in [1.165, 1.54) is 10.6 Å². The van der Waals surface area contributed by atoms with Gasteiger partial charge in [-0.2, -0.15) is 4.31 Å². The van der Waals surface area contributed by atoms with E-state index in [2.05, 4.69) is 4.98 Å². The van der Waals surface area contributed by atoms with E-state index in [4.69, 9.17) is 4.74 Å². The Morgan fingerprint density at radius 1 is 1.25 bits per heavy atom. The van der Waals surface area contributed by atoms with Crippen molar-refractivity contribution in [2.45, 2.75) is 12.5 Å². The number of ether oxygens (including phenoxy) is 1. The topological polar surface area (TPSA) is 59.5 Å². The number of pyridine rings is 1. The van der Waals surface area contributed by atoms with E-state index in [0.29, 0.717) is 25.4 Å². The zero-order valence-corrected chi connectivity index (χ0v) is 12.0. The van der Waals surface area contributed by atoms with E-state index < -0.39 is 10.0 Å². The van der Waals surface area contributed by atoms with Crippen LogP contribution in [0.3, 0.4) is 0 Å². The van der Waals surface area contributed by atoms with Gasteiger partial charge in [0.15, 0.2) is 0 Å². The summed E-state index contributed by atoms with van der Waals surface area (Å²) in [7, 11) is -3.13. The Morgan fingerprint density at radius 2 is 2.05 bits per heavy atom. The number of nitrogens with zero attached hydrogens (tertiary/aromatic N) is 2. The molecule has 1 aliphatic heterocycles. The van der Waals surface area contributed by atoms with Gasteiger partial charge in [0.25, 0.3) is 0 Å². The van der Waals surface area contributed by atoms with Crippen molar-refractivity contribution in [2.24, 2.45) is 0 Å². The fraction of sp³-hybridized carbons (Fsp3) is 0.357. The molecular formula is C14H16N2O3S. The van der Waals surface area contributed by atoms with Crippen molar-refractivity contribution in [3.8, 4) is 5.88 Å². The van der Waals surface area contributed by atoms with Gasteiger partial charge in [-0.1, -0.05) is 18.2 Å². The van der Waals surface area contributed by atoms with Crippen LogP contribution in [-0.2, 0) is 10.0 Å². The molecule has 5 nitrogen and oxygen atoms in total. The van der Waals surface area contributed by atoms with Crippen LogP contribution in [0, 0.1) is 0 Å². The van der Waals surface area contributed by atoms with Crippen molar-refractivity contribution in [3.05, 3.63) is 36.4 Å². The molecule has 2 aromatic rings. The first kappa shape index (κ1) is 13.3. The summed E-state index contributed by atoms with van der Waals surface area (Å²) in [6, 6.07) is 11.6. The number of rotatable bonds is 3. The van der Waals surface area contributed by atoms with Crippen molar-refractivity contribution < 1.29 is 13.2 Å². The van der Waals surface area contributed by atoms with Gasteiger partial charge >= 0.3 is 0 Å². The maximum Gasteiger partial charge on any atom is 0.214 e. The van der Waals surface area contributed by atoms with E-state index in [9.17, 15) is 8.42 Å². The van der Waals surface area contributed by atoms with Gasteiger partial charge in [-0.05, 0) is 18.6 Å². The molecule has 20 heavy (non-hydrogen) atoms. The summed E-state index contributed by atoms with van der Waals surface area (Å²) >= 11 is 0. The summed E-state index contributed by atoms with van der Waals surface area (Å²) in [4.78, 5) is 4.44. The Morgan fingerprint density at radius 3 is 2.80 bits per heavy atom. The third-order valence-corrected chi connectivity index (χ3v) is 4.71. The summed E-state index contributed by atoms with van der Waals surface area (Å²) in [6.07, 6.45) is 1.80. The fourth-order valence-corrected chi connectivity index (χ4v) is 3.25. The molecule has 1 saturated heterocycles. The van der Waals surface area contributed by atoms with Gasteiger partial charge in [-0.25, -0.2) is 13.4 Å². The molecule has 1 aromatic carbocycles. The highest BCUT2D eigenvalue weighted by atomic mass is 32.2. The van der Waals surface area contributed by atoms with Crippen LogP contribution in [-0.4, -0.2) is 43.2 Å². The molecule has 6 heteroatoms. The third kappa shape index (κ3) is 2.76. The Bertz CT molecular complexity index is 730. The maximum absolute atomic E-state index is 11.5. The fourth-order valence-electron chi connectivity index (χ4n) is 2.38. The van der Waals surface area contributed by atoms with Crippen LogP contribution in [0.15, 0.2) is 36.4 Å². The predicted octanol–water partition coefficient (Wildman–Crippen LogP) is 1.65. The SMILES string of the molecule is CS(=O)(=O)N1CC[C@@H](Oc2ccc3ccccc3n2)C1. The van der Waals surface area contributed by atoms with Gasteiger partial charge in [0.05, 0.1) is 18.3 Å². The quantitative estimate of drug-likeness (QED) is 0.863. The highest BCUT2D eigenvalue weighted by Gasteiger charge is 2.30. The zero-order valence-electron chi connectivity index (χ0n) is 11.2. The Kier molecular flexibility index (Phi) is 3.35. The molecule has 3 rings (SSSR count). The van der Waals surface area contributed by atoms with Crippen molar-refractivity contribution in [3.63, 3.8) is 0 Å². The summed E-state index contributed by atoms with van der Waals surface area (Å²) in [6.45, 7) is 0.907. The lowest BCUT2D eigenvalue weighted by Gasteiger charge is -2.14. The standard InChI is InChI=1S/C14H16N2O3S/c1-20(17,18)16-9-8-12(10-16)19-14-7-6-11-4-2-3-5-13(11)15-14/h2-7,12H,8-10H2,1H3/t12-/m1/s1. The molecule has 106 valence electrons. The molecule has 1 fully saturated rings. The zero-order chi connectivity index (χ0) is 14.2. The van der Waals surface area contributed by atoms with E-state index in [1.807, 2.05) is 36.4 Å². The van der Waals surface area contributed by atoms with E-state index in [1.54, 1.807) is 0 Å². The smallest absolute Gasteiger partial charge is 0.214 e. The Balaban J connectivity index is 1.74. The number of benzene rings is 1. The number of hydrogen-bond acceptors (Lipinski definition) is 4. The average Bonchev–Trinajstić information content (AvgIpc) is 2.87. The largest absolute Gasteiger partial charge is 0.473 e. The minimum atomic E-state index is -3.13. The molecule has 0 radical (unpaired) electrons. The van der Waals surface area contributed by atoms with Crippen molar-refractivity contribution in [1.82, 2.24) is 9.29 Å². The lowest BCUT2D eigenvalue weighted by Crippen LogP contribution is -2.30. The predicted molar refractivity (Wildman–Crippen MR) is 77.2 cm³/mol. The molecule has 0 amide bonds. The monoisotopic (exact) mass is 292 g/mol. The number of aromatic nitrogens is 1. The summed E-state index contributed by atoms with van der Waals surface area (Å²) in [5.74, 6) is 0.545. The first-order valence-electron chi connectivity index (χ1n) is 6.50. The molecule has 1 aliphatic rings. The van der Waals surface area contributed by atoms with Gasteiger partial charge in [0, 0.05) is 18.0 Å². The number of para-hydroxylation sites is 1. The average molecular weight is 292 g/mol. The summed E-state index contributed by atoms with van der Waals surface area (Å²) < 4.78 is 30.2. The Hall–Kier alpha value is -1.66. The molecule has 0 unspecified atom stereocenters. The van der Waals surface area contributed by atoms with Crippen LogP contribution in [0.1, 0.15) is 6.42 Å². The molecule has 0 N–H and O–H groups in total. The normalized spacial score (nSPS) is 20.4. The van der Waals surface area contributed by atoms with Gasteiger partial charge in [-0.15, -0.1) is 0 Å². The van der Waals surface area contributed by atoms with E-state index in [0.717, 1.165) is 10.9 Å². The minimum Gasteiger partial charge on any atom is -0.473 e. The van der Waals surface area contributed by atoms with Gasteiger partial charge < -0.3 is 4.74 Å². The molecule has 0 saturated carbocycles. The molecule has 2 heterocycles. The lowest BCUT2D eigenvalue weighted by molar-refractivity contribution is 0.208. The van der Waals surface area contributed by atoms with Gasteiger partial charge in [0.1, 0.15) is 6.10 Å². The minimum absolute atomic E-state index is 0.126. The van der Waals surface area contributed by atoms with E-state index in [-0.39, 0.29) is 6.10 Å². The Labute approximate surface area is 118 Å². The van der Waals surface area contributed by atoms with Gasteiger partial charge in [0.2, 0.25) is 15.9 Å². The number of hydrogen-bond donors (Lipinski definition) is 0. The molecule has 1 aromatic heterocycles.